The summed E-state index contributed by atoms with van der Waals surface area (Å²) in [4.78, 5) is 2.48. The first-order valence-corrected chi connectivity index (χ1v) is 7.76. The Labute approximate surface area is 123 Å². The maximum Gasteiger partial charge on any atom is 0.0599 e. The molecule has 0 amide bonds. The minimum Gasteiger partial charge on any atom is -0.396 e. The summed E-state index contributed by atoms with van der Waals surface area (Å²) in [6.45, 7) is 4.13. The third-order valence-corrected chi connectivity index (χ3v) is 4.04. The zero-order chi connectivity index (χ0) is 13.5. The molecule has 1 aliphatic heterocycles. The van der Waals surface area contributed by atoms with Crippen LogP contribution in [-0.2, 0) is 11.3 Å². The monoisotopic (exact) mass is 327 g/mol. The van der Waals surface area contributed by atoms with E-state index in [1.54, 1.807) is 0 Å². The van der Waals surface area contributed by atoms with Gasteiger partial charge in [0.25, 0.3) is 0 Å². The van der Waals surface area contributed by atoms with Crippen LogP contribution in [0.2, 0.25) is 0 Å². The SMILES string of the molecule is OCCCOC1CCN(Cc2ccc(Br)cc2)CC1. The summed E-state index contributed by atoms with van der Waals surface area (Å²) in [7, 11) is 0. The third kappa shape index (κ3) is 5.22. The summed E-state index contributed by atoms with van der Waals surface area (Å²) in [6.07, 6.45) is 3.33. The Bertz CT molecular complexity index is 361. The first kappa shape index (κ1) is 15.0. The summed E-state index contributed by atoms with van der Waals surface area (Å²) in [5, 5.41) is 8.73. The molecule has 0 unspecified atom stereocenters. The number of likely N-dealkylation sites (tertiary alicyclic amines) is 1. The standard InChI is InChI=1S/C15H22BrNO2/c16-14-4-2-13(3-5-14)12-17-8-6-15(7-9-17)19-11-1-10-18/h2-5,15,18H,1,6-12H2. The molecule has 0 aromatic heterocycles. The summed E-state index contributed by atoms with van der Waals surface area (Å²) in [5.74, 6) is 0. The number of rotatable bonds is 6. The second kappa shape index (κ2) is 8.00. The molecule has 106 valence electrons. The van der Waals surface area contributed by atoms with Crippen molar-refractivity contribution >= 4 is 15.9 Å². The highest BCUT2D eigenvalue weighted by Crippen LogP contribution is 2.17. The van der Waals surface area contributed by atoms with Gasteiger partial charge in [-0.05, 0) is 37.0 Å². The number of halogens is 1. The number of nitrogens with zero attached hydrogens (tertiary/aromatic N) is 1. The average molecular weight is 328 g/mol. The molecule has 1 aromatic rings. The minimum absolute atomic E-state index is 0.225. The molecule has 3 nitrogen and oxygen atoms in total. The number of aliphatic hydroxyl groups excluding tert-OH is 1. The zero-order valence-electron chi connectivity index (χ0n) is 11.2. The summed E-state index contributed by atoms with van der Waals surface area (Å²) < 4.78 is 6.88. The Kier molecular flexibility index (Phi) is 6.31. The van der Waals surface area contributed by atoms with E-state index in [0.29, 0.717) is 12.7 Å². The normalized spacial score (nSPS) is 17.8. The lowest BCUT2D eigenvalue weighted by atomic mass is 10.1. The van der Waals surface area contributed by atoms with Gasteiger partial charge in [-0.25, -0.2) is 0 Å². The van der Waals surface area contributed by atoms with E-state index in [1.807, 2.05) is 0 Å². The predicted molar refractivity (Wildman–Crippen MR) is 80.1 cm³/mol. The van der Waals surface area contributed by atoms with Gasteiger partial charge in [0.05, 0.1) is 6.10 Å². The molecule has 0 radical (unpaired) electrons. The minimum atomic E-state index is 0.225. The van der Waals surface area contributed by atoms with E-state index in [-0.39, 0.29) is 6.61 Å². The maximum absolute atomic E-state index is 8.73. The number of hydrogen-bond acceptors (Lipinski definition) is 3. The number of hydrogen-bond donors (Lipinski definition) is 1. The van der Waals surface area contributed by atoms with Crippen molar-refractivity contribution in [3.63, 3.8) is 0 Å². The van der Waals surface area contributed by atoms with Gasteiger partial charge in [0.1, 0.15) is 0 Å². The van der Waals surface area contributed by atoms with Crippen molar-refractivity contribution < 1.29 is 9.84 Å². The van der Waals surface area contributed by atoms with E-state index in [9.17, 15) is 0 Å². The maximum atomic E-state index is 8.73. The molecule has 0 bridgehead atoms. The quantitative estimate of drug-likeness (QED) is 0.815. The summed E-state index contributed by atoms with van der Waals surface area (Å²) in [5.41, 5.74) is 1.36. The van der Waals surface area contributed by atoms with Crippen molar-refractivity contribution in [3.05, 3.63) is 34.3 Å². The molecule has 2 rings (SSSR count). The zero-order valence-corrected chi connectivity index (χ0v) is 12.8. The largest absolute Gasteiger partial charge is 0.396 e. The first-order chi connectivity index (χ1) is 9.28. The van der Waals surface area contributed by atoms with Crippen LogP contribution >= 0.6 is 15.9 Å². The molecule has 1 heterocycles. The Hall–Kier alpha value is -0.420. The molecule has 4 heteroatoms. The number of aliphatic hydroxyl groups is 1. The smallest absolute Gasteiger partial charge is 0.0599 e. The summed E-state index contributed by atoms with van der Waals surface area (Å²) >= 11 is 3.46. The second-order valence-electron chi connectivity index (χ2n) is 5.05. The molecule has 1 saturated heterocycles. The fraction of sp³-hybridized carbons (Fsp3) is 0.600. The molecule has 1 fully saturated rings. The van der Waals surface area contributed by atoms with Crippen LogP contribution in [0, 0.1) is 0 Å². The lowest BCUT2D eigenvalue weighted by molar-refractivity contribution is 0.000785. The van der Waals surface area contributed by atoms with Crippen molar-refractivity contribution in [3.8, 4) is 0 Å². The summed E-state index contributed by atoms with van der Waals surface area (Å²) in [6, 6.07) is 8.54. The van der Waals surface area contributed by atoms with Gasteiger partial charge in [0.15, 0.2) is 0 Å². The Morgan fingerprint density at radius 1 is 1.21 bits per heavy atom. The van der Waals surface area contributed by atoms with Gasteiger partial charge in [-0.1, -0.05) is 28.1 Å². The highest BCUT2D eigenvalue weighted by atomic mass is 79.9. The Balaban J connectivity index is 1.69. The van der Waals surface area contributed by atoms with E-state index in [2.05, 4.69) is 45.1 Å². The molecular formula is C15H22BrNO2. The van der Waals surface area contributed by atoms with Crippen molar-refractivity contribution in [2.45, 2.75) is 31.9 Å². The fourth-order valence-electron chi connectivity index (χ4n) is 2.40. The van der Waals surface area contributed by atoms with Crippen LogP contribution in [0.1, 0.15) is 24.8 Å². The van der Waals surface area contributed by atoms with Gasteiger partial charge in [-0.2, -0.15) is 0 Å². The molecule has 19 heavy (non-hydrogen) atoms. The lowest BCUT2D eigenvalue weighted by Crippen LogP contribution is -2.36. The van der Waals surface area contributed by atoms with Crippen molar-refractivity contribution in [2.75, 3.05) is 26.3 Å². The van der Waals surface area contributed by atoms with Crippen molar-refractivity contribution in [2.24, 2.45) is 0 Å². The van der Waals surface area contributed by atoms with Crippen molar-refractivity contribution in [1.29, 1.82) is 0 Å². The van der Waals surface area contributed by atoms with Crippen LogP contribution in [0.15, 0.2) is 28.7 Å². The molecule has 0 atom stereocenters. The molecule has 1 aliphatic rings. The molecule has 1 N–H and O–H groups in total. The van der Waals surface area contributed by atoms with Crippen LogP contribution in [0.25, 0.3) is 0 Å². The van der Waals surface area contributed by atoms with Gasteiger partial charge >= 0.3 is 0 Å². The molecule has 0 spiro atoms. The van der Waals surface area contributed by atoms with E-state index in [0.717, 1.165) is 43.4 Å². The molecular weight excluding hydrogens is 306 g/mol. The van der Waals surface area contributed by atoms with Gasteiger partial charge in [-0.3, -0.25) is 4.90 Å². The van der Waals surface area contributed by atoms with E-state index < -0.39 is 0 Å². The van der Waals surface area contributed by atoms with E-state index >= 15 is 0 Å². The lowest BCUT2D eigenvalue weighted by Gasteiger charge is -2.31. The molecule has 1 aromatic carbocycles. The van der Waals surface area contributed by atoms with Gasteiger partial charge in [-0.15, -0.1) is 0 Å². The highest BCUT2D eigenvalue weighted by molar-refractivity contribution is 9.10. The molecule has 0 saturated carbocycles. The fourth-order valence-corrected chi connectivity index (χ4v) is 2.66. The second-order valence-corrected chi connectivity index (χ2v) is 5.97. The molecule has 0 aliphatic carbocycles. The highest BCUT2D eigenvalue weighted by Gasteiger charge is 2.19. The van der Waals surface area contributed by atoms with Gasteiger partial charge < -0.3 is 9.84 Å². The van der Waals surface area contributed by atoms with Crippen LogP contribution in [0.3, 0.4) is 0 Å². The number of piperidine rings is 1. The predicted octanol–water partition coefficient (Wildman–Crippen LogP) is 2.81. The Morgan fingerprint density at radius 3 is 2.53 bits per heavy atom. The van der Waals surface area contributed by atoms with Crippen LogP contribution in [0.5, 0.6) is 0 Å². The number of benzene rings is 1. The third-order valence-electron chi connectivity index (χ3n) is 3.51. The van der Waals surface area contributed by atoms with Gasteiger partial charge in [0.2, 0.25) is 0 Å². The van der Waals surface area contributed by atoms with Crippen LogP contribution < -0.4 is 0 Å². The topological polar surface area (TPSA) is 32.7 Å². The van der Waals surface area contributed by atoms with Crippen LogP contribution in [-0.4, -0.2) is 42.4 Å². The van der Waals surface area contributed by atoms with Crippen molar-refractivity contribution in [1.82, 2.24) is 4.90 Å². The van der Waals surface area contributed by atoms with Crippen LogP contribution in [0.4, 0.5) is 0 Å². The van der Waals surface area contributed by atoms with E-state index in [1.165, 1.54) is 5.56 Å². The average Bonchev–Trinajstić information content (AvgIpc) is 2.44. The number of ether oxygens (including phenoxy) is 1. The first-order valence-electron chi connectivity index (χ1n) is 6.97. The Morgan fingerprint density at radius 2 is 1.89 bits per heavy atom. The van der Waals surface area contributed by atoms with E-state index in [4.69, 9.17) is 9.84 Å². The van der Waals surface area contributed by atoms with Gasteiger partial charge in [0, 0.05) is 37.3 Å².